The molecule has 6 nitrogen and oxygen atoms in total. The quantitative estimate of drug-likeness (QED) is 0.477. The Morgan fingerprint density at radius 3 is 2.32 bits per heavy atom. The highest BCUT2D eigenvalue weighted by Gasteiger charge is 2.70. The zero-order valence-electron chi connectivity index (χ0n) is 18.1. The van der Waals surface area contributed by atoms with Crippen LogP contribution in [0.1, 0.15) is 24.6 Å². The molecule has 2 unspecified atom stereocenters. The number of alkyl halides is 3. The third-order valence-corrected chi connectivity index (χ3v) is 6.24. The molecule has 2 atom stereocenters. The third kappa shape index (κ3) is 3.76. The smallest absolute Gasteiger partial charge is 0.406 e. The predicted octanol–water partition coefficient (Wildman–Crippen LogP) is 5.32. The minimum Gasteiger partial charge on any atom is -0.406 e. The SMILES string of the molecule is CC1CC12C(=O)N(c1ccc(OC(F)(F)F)cc1)C(=O)N2c1ccnc(Cc2ccccc2)c1. The van der Waals surface area contributed by atoms with Crippen LogP contribution in [0.15, 0.2) is 72.9 Å². The Morgan fingerprint density at radius 1 is 1.03 bits per heavy atom. The summed E-state index contributed by atoms with van der Waals surface area (Å²) in [6, 6.07) is 17.4. The van der Waals surface area contributed by atoms with Crippen LogP contribution in [0, 0.1) is 5.92 Å². The second kappa shape index (κ2) is 7.86. The molecule has 2 aliphatic rings. The number of nitrogens with zero attached hydrogens (tertiary/aromatic N) is 3. The maximum atomic E-state index is 13.5. The maximum Gasteiger partial charge on any atom is 0.573 e. The number of hydrogen-bond donors (Lipinski definition) is 0. The van der Waals surface area contributed by atoms with Crippen LogP contribution in [-0.4, -0.2) is 28.8 Å². The van der Waals surface area contributed by atoms with Gasteiger partial charge in [0.25, 0.3) is 5.91 Å². The van der Waals surface area contributed by atoms with E-state index < -0.39 is 29.6 Å². The van der Waals surface area contributed by atoms with Crippen LogP contribution in [0.3, 0.4) is 0 Å². The Bertz CT molecular complexity index is 1250. The topological polar surface area (TPSA) is 62.7 Å². The molecule has 0 N–H and O–H groups in total. The van der Waals surface area contributed by atoms with E-state index in [9.17, 15) is 22.8 Å². The number of hydrogen-bond acceptors (Lipinski definition) is 4. The van der Waals surface area contributed by atoms with E-state index in [2.05, 4.69) is 9.72 Å². The summed E-state index contributed by atoms with van der Waals surface area (Å²) in [6.45, 7) is 1.90. The van der Waals surface area contributed by atoms with Gasteiger partial charge in [0.15, 0.2) is 0 Å². The van der Waals surface area contributed by atoms with Gasteiger partial charge in [0.2, 0.25) is 0 Å². The van der Waals surface area contributed by atoms with Crippen LogP contribution in [0.5, 0.6) is 5.75 Å². The first-order valence-corrected chi connectivity index (χ1v) is 10.7. The van der Waals surface area contributed by atoms with E-state index in [0.29, 0.717) is 18.5 Å². The molecule has 5 rings (SSSR count). The summed E-state index contributed by atoms with van der Waals surface area (Å²) < 4.78 is 41.3. The lowest BCUT2D eigenvalue weighted by Gasteiger charge is -2.22. The monoisotopic (exact) mass is 467 g/mol. The molecule has 1 spiro atoms. The zero-order valence-corrected chi connectivity index (χ0v) is 18.1. The lowest BCUT2D eigenvalue weighted by atomic mass is 10.1. The van der Waals surface area contributed by atoms with E-state index in [0.717, 1.165) is 28.3 Å². The first-order chi connectivity index (χ1) is 16.2. The van der Waals surface area contributed by atoms with Gasteiger partial charge < -0.3 is 4.74 Å². The summed E-state index contributed by atoms with van der Waals surface area (Å²) in [4.78, 5) is 33.9. The van der Waals surface area contributed by atoms with Crippen molar-refractivity contribution in [2.45, 2.75) is 31.7 Å². The van der Waals surface area contributed by atoms with Crippen LogP contribution in [0.25, 0.3) is 0 Å². The Labute approximate surface area is 193 Å². The van der Waals surface area contributed by atoms with E-state index >= 15 is 0 Å². The third-order valence-electron chi connectivity index (χ3n) is 6.24. The number of benzene rings is 2. The van der Waals surface area contributed by atoms with Crippen molar-refractivity contribution in [1.82, 2.24) is 4.98 Å². The minimum absolute atomic E-state index is 0.0625. The van der Waals surface area contributed by atoms with Gasteiger partial charge in [0.05, 0.1) is 11.4 Å². The van der Waals surface area contributed by atoms with Crippen molar-refractivity contribution < 1.29 is 27.5 Å². The molecular formula is C25H20F3N3O3. The Kier molecular flexibility index (Phi) is 5.07. The highest BCUT2D eigenvalue weighted by Crippen LogP contribution is 2.55. The summed E-state index contributed by atoms with van der Waals surface area (Å²) >= 11 is 0. The normalized spacial score (nSPS) is 21.9. The van der Waals surface area contributed by atoms with Gasteiger partial charge in [-0.15, -0.1) is 13.2 Å². The van der Waals surface area contributed by atoms with Gasteiger partial charge in [-0.25, -0.2) is 9.69 Å². The van der Waals surface area contributed by atoms with Crippen molar-refractivity contribution in [2.75, 3.05) is 9.80 Å². The van der Waals surface area contributed by atoms with E-state index in [1.807, 2.05) is 37.3 Å². The van der Waals surface area contributed by atoms with Crippen molar-refractivity contribution >= 4 is 23.3 Å². The van der Waals surface area contributed by atoms with Gasteiger partial charge in [0, 0.05) is 18.3 Å². The van der Waals surface area contributed by atoms with Crippen molar-refractivity contribution in [3.05, 3.63) is 84.2 Å². The number of imide groups is 1. The minimum atomic E-state index is -4.83. The van der Waals surface area contributed by atoms with Gasteiger partial charge >= 0.3 is 12.4 Å². The fraction of sp³-hybridized carbons (Fsp3) is 0.240. The molecule has 1 aliphatic carbocycles. The fourth-order valence-corrected chi connectivity index (χ4v) is 4.54. The summed E-state index contributed by atoms with van der Waals surface area (Å²) in [7, 11) is 0. The summed E-state index contributed by atoms with van der Waals surface area (Å²) in [5.41, 5.74) is 1.55. The second-order valence-corrected chi connectivity index (χ2v) is 8.50. The van der Waals surface area contributed by atoms with Crippen molar-refractivity contribution in [2.24, 2.45) is 5.92 Å². The average Bonchev–Trinajstić information content (AvgIpc) is 3.40. The number of carbonyl (C=O) groups is 2. The number of urea groups is 1. The number of ether oxygens (including phenoxy) is 1. The molecule has 3 amide bonds. The van der Waals surface area contributed by atoms with E-state index in [1.54, 1.807) is 18.3 Å². The first kappa shape index (κ1) is 21.9. The molecule has 1 saturated heterocycles. The molecule has 1 aliphatic heterocycles. The van der Waals surface area contributed by atoms with Crippen molar-refractivity contribution in [3.8, 4) is 5.75 Å². The summed E-state index contributed by atoms with van der Waals surface area (Å²) in [5, 5.41) is 0. The number of amides is 3. The standard InChI is InChI=1S/C25H20F3N3O3/c1-16-15-24(16)22(32)30(19-7-9-21(10-8-19)34-25(26,27)28)23(33)31(24)20-11-12-29-18(14-20)13-17-5-3-2-4-6-17/h2-12,14,16H,13,15H2,1H3. The number of anilines is 2. The molecule has 9 heteroatoms. The van der Waals surface area contributed by atoms with Crippen LogP contribution < -0.4 is 14.5 Å². The van der Waals surface area contributed by atoms with Gasteiger partial charge in [-0.3, -0.25) is 14.7 Å². The van der Waals surface area contributed by atoms with Crippen LogP contribution in [0.4, 0.5) is 29.3 Å². The molecule has 2 heterocycles. The predicted molar refractivity (Wildman–Crippen MR) is 118 cm³/mol. The maximum absolute atomic E-state index is 13.5. The summed E-state index contributed by atoms with van der Waals surface area (Å²) in [5.74, 6) is -0.884. The van der Waals surface area contributed by atoms with Gasteiger partial charge in [-0.1, -0.05) is 37.3 Å². The Morgan fingerprint density at radius 2 is 1.71 bits per heavy atom. The number of rotatable bonds is 5. The van der Waals surface area contributed by atoms with Crippen LogP contribution in [0.2, 0.25) is 0 Å². The lowest BCUT2D eigenvalue weighted by molar-refractivity contribution is -0.274. The van der Waals surface area contributed by atoms with Crippen molar-refractivity contribution in [3.63, 3.8) is 0 Å². The molecule has 0 bridgehead atoms. The van der Waals surface area contributed by atoms with E-state index in [1.165, 1.54) is 17.0 Å². The van der Waals surface area contributed by atoms with Gasteiger partial charge in [-0.05, 0) is 54.3 Å². The van der Waals surface area contributed by atoms with Crippen molar-refractivity contribution in [1.29, 1.82) is 0 Å². The van der Waals surface area contributed by atoms with Gasteiger partial charge in [0.1, 0.15) is 11.3 Å². The van der Waals surface area contributed by atoms with Gasteiger partial charge in [-0.2, -0.15) is 0 Å². The molecule has 34 heavy (non-hydrogen) atoms. The molecule has 1 aromatic heterocycles. The van der Waals surface area contributed by atoms with E-state index in [-0.39, 0.29) is 11.6 Å². The first-order valence-electron chi connectivity index (χ1n) is 10.7. The molecule has 2 fully saturated rings. The summed E-state index contributed by atoms with van der Waals surface area (Å²) in [6.07, 6.45) is -2.15. The molecule has 3 aromatic rings. The number of aromatic nitrogens is 1. The number of halogens is 3. The molecule has 2 aromatic carbocycles. The largest absolute Gasteiger partial charge is 0.573 e. The Hall–Kier alpha value is -3.88. The molecule has 1 saturated carbocycles. The lowest BCUT2D eigenvalue weighted by Crippen LogP contribution is -2.39. The molecule has 174 valence electrons. The fourth-order valence-electron chi connectivity index (χ4n) is 4.54. The highest BCUT2D eigenvalue weighted by molar-refractivity contribution is 6.31. The average molecular weight is 467 g/mol. The van der Waals surface area contributed by atoms with E-state index in [4.69, 9.17) is 0 Å². The second-order valence-electron chi connectivity index (χ2n) is 8.50. The molecule has 0 radical (unpaired) electrons. The Balaban J connectivity index is 1.46. The van der Waals surface area contributed by atoms with Crippen LogP contribution in [-0.2, 0) is 11.2 Å². The highest BCUT2D eigenvalue weighted by atomic mass is 19.4. The molecular weight excluding hydrogens is 447 g/mol. The zero-order chi connectivity index (χ0) is 24.1. The van der Waals surface area contributed by atoms with Crippen LogP contribution >= 0.6 is 0 Å². The number of pyridine rings is 1. The number of carbonyl (C=O) groups excluding carboxylic acids is 2.